The van der Waals surface area contributed by atoms with E-state index in [0.29, 0.717) is 12.2 Å². The van der Waals surface area contributed by atoms with Crippen molar-refractivity contribution in [2.24, 2.45) is 11.1 Å². The Labute approximate surface area is 125 Å². The molecule has 0 saturated heterocycles. The maximum atomic E-state index is 11.9. The van der Waals surface area contributed by atoms with Gasteiger partial charge in [0.2, 0.25) is 0 Å². The fraction of sp³-hybridized carbons (Fsp3) is 0.562. The standard InChI is InChI=1S/C16H24N2O3/c1-15(2,3)21-14(20)18-13-5-4-12(19)8-11(13)9-16(10-17)6-7-16/h4-5,8,19H,6-7,9-10,17H2,1-3H3,(H,18,20). The Balaban J connectivity index is 2.13. The van der Waals surface area contributed by atoms with E-state index < -0.39 is 11.7 Å². The third-order valence-electron chi connectivity index (χ3n) is 3.68. The highest BCUT2D eigenvalue weighted by atomic mass is 16.6. The smallest absolute Gasteiger partial charge is 0.412 e. The third kappa shape index (κ3) is 4.36. The second-order valence-corrected chi connectivity index (χ2v) is 6.85. The van der Waals surface area contributed by atoms with Crippen molar-refractivity contribution in [1.29, 1.82) is 0 Å². The third-order valence-corrected chi connectivity index (χ3v) is 3.68. The molecule has 5 heteroatoms. The fourth-order valence-corrected chi connectivity index (χ4v) is 2.30. The molecule has 1 aromatic rings. The van der Waals surface area contributed by atoms with E-state index in [0.717, 1.165) is 24.8 Å². The summed E-state index contributed by atoms with van der Waals surface area (Å²) in [5.41, 5.74) is 6.95. The first-order chi connectivity index (χ1) is 9.73. The van der Waals surface area contributed by atoms with Gasteiger partial charge in [0, 0.05) is 5.69 Å². The van der Waals surface area contributed by atoms with E-state index in [1.54, 1.807) is 18.2 Å². The van der Waals surface area contributed by atoms with E-state index >= 15 is 0 Å². The van der Waals surface area contributed by atoms with Crippen LogP contribution in [0.1, 0.15) is 39.2 Å². The Kier molecular flexibility index (Phi) is 4.14. The molecule has 1 saturated carbocycles. The number of phenolic OH excluding ortho intramolecular Hbond substituents is 1. The number of carbonyl (C=O) groups excluding carboxylic acids is 1. The van der Waals surface area contributed by atoms with Gasteiger partial charge >= 0.3 is 6.09 Å². The summed E-state index contributed by atoms with van der Waals surface area (Å²) in [4.78, 5) is 11.9. The van der Waals surface area contributed by atoms with Gasteiger partial charge in [-0.1, -0.05) is 0 Å². The Morgan fingerprint density at radius 1 is 1.43 bits per heavy atom. The highest BCUT2D eigenvalue weighted by molar-refractivity contribution is 5.86. The summed E-state index contributed by atoms with van der Waals surface area (Å²) in [5, 5.41) is 12.4. The number of phenols is 1. The van der Waals surface area contributed by atoms with Crippen molar-refractivity contribution in [2.75, 3.05) is 11.9 Å². The Hall–Kier alpha value is -1.75. The van der Waals surface area contributed by atoms with E-state index in [1.807, 2.05) is 20.8 Å². The van der Waals surface area contributed by atoms with Crippen molar-refractivity contribution in [1.82, 2.24) is 0 Å². The molecule has 4 N–H and O–H groups in total. The molecule has 0 bridgehead atoms. The van der Waals surface area contributed by atoms with Crippen LogP contribution in [0.4, 0.5) is 10.5 Å². The van der Waals surface area contributed by atoms with Gasteiger partial charge in [0.25, 0.3) is 0 Å². The second kappa shape index (κ2) is 5.56. The highest BCUT2D eigenvalue weighted by Gasteiger charge is 2.41. The first kappa shape index (κ1) is 15.6. The number of nitrogens with two attached hydrogens (primary N) is 1. The molecule has 1 aliphatic rings. The number of aromatic hydroxyl groups is 1. The minimum atomic E-state index is -0.545. The monoisotopic (exact) mass is 292 g/mol. The van der Waals surface area contributed by atoms with Gasteiger partial charge in [0.1, 0.15) is 11.4 Å². The maximum absolute atomic E-state index is 11.9. The molecule has 1 amide bonds. The van der Waals surface area contributed by atoms with Crippen LogP contribution in [0, 0.1) is 5.41 Å². The molecule has 1 fully saturated rings. The van der Waals surface area contributed by atoms with E-state index in [2.05, 4.69) is 5.32 Å². The predicted octanol–water partition coefficient (Wildman–Crippen LogP) is 3.02. The van der Waals surface area contributed by atoms with E-state index in [4.69, 9.17) is 10.5 Å². The van der Waals surface area contributed by atoms with Crippen LogP contribution in [-0.4, -0.2) is 23.3 Å². The Bertz CT molecular complexity index is 531. The number of rotatable bonds is 4. The lowest BCUT2D eigenvalue weighted by Crippen LogP contribution is -2.27. The van der Waals surface area contributed by atoms with Crippen LogP contribution in [0.2, 0.25) is 0 Å². The number of anilines is 1. The number of hydrogen-bond acceptors (Lipinski definition) is 4. The first-order valence-electron chi connectivity index (χ1n) is 7.25. The quantitative estimate of drug-likeness (QED) is 0.745. The summed E-state index contributed by atoms with van der Waals surface area (Å²) in [6, 6.07) is 4.93. The molecule has 0 atom stereocenters. The number of ether oxygens (including phenoxy) is 1. The van der Waals surface area contributed by atoms with Crippen LogP contribution in [0.15, 0.2) is 18.2 Å². The van der Waals surface area contributed by atoms with Crippen LogP contribution < -0.4 is 11.1 Å². The largest absolute Gasteiger partial charge is 0.508 e. The zero-order valence-electron chi connectivity index (χ0n) is 12.9. The lowest BCUT2D eigenvalue weighted by atomic mass is 9.95. The van der Waals surface area contributed by atoms with Crippen LogP contribution in [0.25, 0.3) is 0 Å². The molecule has 0 aromatic heterocycles. The zero-order chi connectivity index (χ0) is 15.7. The van der Waals surface area contributed by atoms with Gasteiger partial charge in [-0.2, -0.15) is 0 Å². The maximum Gasteiger partial charge on any atom is 0.412 e. The molecule has 21 heavy (non-hydrogen) atoms. The number of nitrogens with one attached hydrogen (secondary N) is 1. The molecule has 2 rings (SSSR count). The SMILES string of the molecule is CC(C)(C)OC(=O)Nc1ccc(O)cc1CC1(CN)CC1. The summed E-state index contributed by atoms with van der Waals surface area (Å²) in [5.74, 6) is 0.188. The van der Waals surface area contributed by atoms with Gasteiger partial charge in [-0.15, -0.1) is 0 Å². The van der Waals surface area contributed by atoms with Crippen molar-refractivity contribution in [3.05, 3.63) is 23.8 Å². The minimum absolute atomic E-state index is 0.123. The number of benzene rings is 1. The van der Waals surface area contributed by atoms with Crippen molar-refractivity contribution in [3.8, 4) is 5.75 Å². The van der Waals surface area contributed by atoms with Gasteiger partial charge in [0.05, 0.1) is 0 Å². The second-order valence-electron chi connectivity index (χ2n) is 6.85. The molecule has 0 radical (unpaired) electrons. The van der Waals surface area contributed by atoms with Gasteiger partial charge in [-0.05, 0) is 75.8 Å². The zero-order valence-corrected chi connectivity index (χ0v) is 12.9. The molecular formula is C16H24N2O3. The average molecular weight is 292 g/mol. The normalized spacial score (nSPS) is 16.4. The predicted molar refractivity (Wildman–Crippen MR) is 82.4 cm³/mol. The highest BCUT2D eigenvalue weighted by Crippen LogP contribution is 2.48. The van der Waals surface area contributed by atoms with Crippen LogP contribution in [-0.2, 0) is 11.2 Å². The van der Waals surface area contributed by atoms with Gasteiger partial charge in [0.15, 0.2) is 0 Å². The summed E-state index contributed by atoms with van der Waals surface area (Å²) >= 11 is 0. The fourth-order valence-electron chi connectivity index (χ4n) is 2.30. The van der Waals surface area contributed by atoms with Crippen LogP contribution in [0.5, 0.6) is 5.75 Å². The lowest BCUT2D eigenvalue weighted by molar-refractivity contribution is 0.0635. The topological polar surface area (TPSA) is 84.6 Å². The van der Waals surface area contributed by atoms with Gasteiger partial charge in [-0.25, -0.2) is 4.79 Å². The molecule has 0 unspecified atom stereocenters. The van der Waals surface area contributed by atoms with E-state index in [9.17, 15) is 9.90 Å². The Morgan fingerprint density at radius 3 is 2.62 bits per heavy atom. The summed E-state index contributed by atoms with van der Waals surface area (Å²) < 4.78 is 5.26. The summed E-state index contributed by atoms with van der Waals surface area (Å²) in [6.45, 7) is 6.07. The Morgan fingerprint density at radius 2 is 2.10 bits per heavy atom. The molecule has 116 valence electrons. The number of carbonyl (C=O) groups is 1. The lowest BCUT2D eigenvalue weighted by Gasteiger charge is -2.21. The van der Waals surface area contributed by atoms with Gasteiger partial charge in [-0.3, -0.25) is 5.32 Å². The van der Waals surface area contributed by atoms with Crippen molar-refractivity contribution < 1.29 is 14.6 Å². The molecule has 0 heterocycles. The molecule has 0 aliphatic heterocycles. The van der Waals surface area contributed by atoms with Crippen molar-refractivity contribution in [2.45, 2.75) is 45.6 Å². The van der Waals surface area contributed by atoms with Crippen molar-refractivity contribution in [3.63, 3.8) is 0 Å². The van der Waals surface area contributed by atoms with E-state index in [1.165, 1.54) is 0 Å². The van der Waals surface area contributed by atoms with Crippen molar-refractivity contribution >= 4 is 11.8 Å². The first-order valence-corrected chi connectivity index (χ1v) is 7.25. The van der Waals surface area contributed by atoms with Gasteiger partial charge < -0.3 is 15.6 Å². The summed E-state index contributed by atoms with van der Waals surface area (Å²) in [6.07, 6.45) is 2.44. The molecular weight excluding hydrogens is 268 g/mol. The molecule has 5 nitrogen and oxygen atoms in total. The van der Waals surface area contributed by atoms with Crippen LogP contribution >= 0.6 is 0 Å². The molecule has 1 aromatic carbocycles. The number of hydrogen-bond donors (Lipinski definition) is 3. The van der Waals surface area contributed by atoms with E-state index in [-0.39, 0.29) is 11.2 Å². The molecule has 0 spiro atoms. The minimum Gasteiger partial charge on any atom is -0.508 e. The number of amides is 1. The van der Waals surface area contributed by atoms with Crippen LogP contribution in [0.3, 0.4) is 0 Å². The molecule has 1 aliphatic carbocycles. The summed E-state index contributed by atoms with van der Waals surface area (Å²) in [7, 11) is 0. The average Bonchev–Trinajstić information content (AvgIpc) is 3.11.